The fraction of sp³-hybridized carbons (Fsp3) is 0.333. The summed E-state index contributed by atoms with van der Waals surface area (Å²) < 4.78 is 0. The number of carbonyl (C=O) groups excluding carboxylic acids is 2. The van der Waals surface area contributed by atoms with E-state index in [-0.39, 0.29) is 11.8 Å². The molecule has 1 aromatic carbocycles. The molecule has 0 N–H and O–H groups in total. The Bertz CT molecular complexity index is 361. The fourth-order valence-corrected chi connectivity index (χ4v) is 1.81. The van der Waals surface area contributed by atoms with Gasteiger partial charge < -0.3 is 4.90 Å². The van der Waals surface area contributed by atoms with Crippen LogP contribution in [-0.4, -0.2) is 23.6 Å². The molecule has 1 radical (unpaired) electrons. The van der Waals surface area contributed by atoms with Gasteiger partial charge in [0.1, 0.15) is 0 Å². The van der Waals surface area contributed by atoms with Crippen molar-refractivity contribution in [1.29, 1.82) is 0 Å². The van der Waals surface area contributed by atoms with E-state index in [9.17, 15) is 9.59 Å². The lowest BCUT2D eigenvalue weighted by molar-refractivity contribution is -0.128. The minimum atomic E-state index is -0.235. The van der Waals surface area contributed by atoms with Crippen LogP contribution >= 0.6 is 0 Å². The van der Waals surface area contributed by atoms with Crippen LogP contribution < -0.4 is 0 Å². The molecule has 0 aromatic heterocycles. The molecule has 1 amide bonds. The van der Waals surface area contributed by atoms with E-state index in [0.29, 0.717) is 19.5 Å². The van der Waals surface area contributed by atoms with E-state index in [4.69, 9.17) is 0 Å². The summed E-state index contributed by atoms with van der Waals surface area (Å²) in [7, 11) is 0. The highest BCUT2D eigenvalue weighted by atomic mass is 16.2. The maximum atomic E-state index is 11.5. The number of rotatable bonds is 3. The third-order valence-electron chi connectivity index (χ3n) is 2.60. The van der Waals surface area contributed by atoms with Gasteiger partial charge in [0.2, 0.25) is 12.2 Å². The van der Waals surface area contributed by atoms with E-state index in [1.807, 2.05) is 36.6 Å². The van der Waals surface area contributed by atoms with Gasteiger partial charge in [-0.1, -0.05) is 30.3 Å². The molecule has 0 saturated carbocycles. The van der Waals surface area contributed by atoms with Crippen LogP contribution in [0.1, 0.15) is 12.0 Å². The molecule has 1 saturated heterocycles. The zero-order chi connectivity index (χ0) is 10.7. The second kappa shape index (κ2) is 4.26. The van der Waals surface area contributed by atoms with E-state index in [1.54, 1.807) is 4.90 Å². The summed E-state index contributed by atoms with van der Waals surface area (Å²) in [5.74, 6) is -0.187. The van der Waals surface area contributed by atoms with Crippen LogP contribution in [-0.2, 0) is 16.1 Å². The quantitative estimate of drug-likeness (QED) is 0.737. The van der Waals surface area contributed by atoms with Gasteiger partial charge in [0, 0.05) is 19.5 Å². The Labute approximate surface area is 88.7 Å². The van der Waals surface area contributed by atoms with E-state index in [2.05, 4.69) is 0 Å². The molecule has 1 aromatic rings. The topological polar surface area (TPSA) is 37.4 Å². The Morgan fingerprint density at radius 1 is 1.33 bits per heavy atom. The molecule has 1 unspecified atom stereocenters. The van der Waals surface area contributed by atoms with Gasteiger partial charge in [0.25, 0.3) is 0 Å². The number of benzene rings is 1. The van der Waals surface area contributed by atoms with Crippen LogP contribution in [0, 0.1) is 5.92 Å². The zero-order valence-corrected chi connectivity index (χ0v) is 8.35. The monoisotopic (exact) mass is 202 g/mol. The summed E-state index contributed by atoms with van der Waals surface area (Å²) in [6, 6.07) is 9.78. The lowest BCUT2D eigenvalue weighted by atomic mass is 10.1. The Balaban J connectivity index is 2.01. The van der Waals surface area contributed by atoms with E-state index in [0.717, 1.165) is 5.56 Å². The predicted molar refractivity (Wildman–Crippen MR) is 55.7 cm³/mol. The molecule has 1 aliphatic heterocycles. The molecular weight excluding hydrogens is 190 g/mol. The van der Waals surface area contributed by atoms with E-state index >= 15 is 0 Å². The summed E-state index contributed by atoms with van der Waals surface area (Å²) in [5, 5.41) is 0. The first-order valence-electron chi connectivity index (χ1n) is 4.99. The third kappa shape index (κ3) is 2.24. The van der Waals surface area contributed by atoms with Crippen molar-refractivity contribution in [3.8, 4) is 0 Å². The van der Waals surface area contributed by atoms with E-state index < -0.39 is 0 Å². The van der Waals surface area contributed by atoms with Gasteiger partial charge in [-0.15, -0.1) is 0 Å². The van der Waals surface area contributed by atoms with Gasteiger partial charge in [-0.3, -0.25) is 9.59 Å². The highest BCUT2D eigenvalue weighted by molar-refractivity contribution is 5.82. The maximum absolute atomic E-state index is 11.5. The second-order valence-electron chi connectivity index (χ2n) is 3.78. The third-order valence-corrected chi connectivity index (χ3v) is 2.60. The number of hydrogen-bond acceptors (Lipinski definition) is 2. The van der Waals surface area contributed by atoms with Gasteiger partial charge in [-0.25, -0.2) is 0 Å². The number of amides is 1. The molecular formula is C12H12NO2. The van der Waals surface area contributed by atoms with Gasteiger partial charge >= 0.3 is 0 Å². The fourth-order valence-electron chi connectivity index (χ4n) is 1.81. The minimum absolute atomic E-state index is 0.0483. The summed E-state index contributed by atoms with van der Waals surface area (Å²) in [4.78, 5) is 23.7. The first-order valence-corrected chi connectivity index (χ1v) is 4.99. The number of nitrogens with zero attached hydrogens (tertiary/aromatic N) is 1. The molecule has 2 rings (SSSR count). The van der Waals surface area contributed by atoms with Crippen LogP contribution in [0.2, 0.25) is 0 Å². The first kappa shape index (κ1) is 9.90. The molecule has 1 aliphatic rings. The van der Waals surface area contributed by atoms with Crippen molar-refractivity contribution >= 4 is 12.2 Å². The molecule has 0 spiro atoms. The first-order chi connectivity index (χ1) is 7.29. The van der Waals surface area contributed by atoms with Crippen molar-refractivity contribution < 1.29 is 9.59 Å². The SMILES string of the molecule is O=[C]C1CC(=O)N(Cc2ccccc2)C1. The Kier molecular flexibility index (Phi) is 2.81. The van der Waals surface area contributed by atoms with Crippen LogP contribution in [0.3, 0.4) is 0 Å². The molecule has 15 heavy (non-hydrogen) atoms. The highest BCUT2D eigenvalue weighted by Gasteiger charge is 2.29. The number of likely N-dealkylation sites (tertiary alicyclic amines) is 1. The standard InChI is InChI=1S/C12H12NO2/c14-9-11-6-12(15)13(8-11)7-10-4-2-1-3-5-10/h1-5,11H,6-8H2. The Morgan fingerprint density at radius 3 is 2.67 bits per heavy atom. The summed E-state index contributed by atoms with van der Waals surface area (Å²) in [5.41, 5.74) is 1.09. The minimum Gasteiger partial charge on any atom is -0.338 e. The van der Waals surface area contributed by atoms with Crippen molar-refractivity contribution in [2.75, 3.05) is 6.54 Å². The lowest BCUT2D eigenvalue weighted by Gasteiger charge is -2.15. The molecule has 3 heteroatoms. The molecule has 77 valence electrons. The molecule has 3 nitrogen and oxygen atoms in total. The molecule has 0 bridgehead atoms. The molecule has 1 atom stereocenters. The number of carbonyl (C=O) groups is 1. The smallest absolute Gasteiger partial charge is 0.223 e. The largest absolute Gasteiger partial charge is 0.338 e. The predicted octanol–water partition coefficient (Wildman–Crippen LogP) is 1.14. The van der Waals surface area contributed by atoms with Gasteiger partial charge in [-0.2, -0.15) is 0 Å². The Morgan fingerprint density at radius 2 is 2.07 bits per heavy atom. The maximum Gasteiger partial charge on any atom is 0.223 e. The van der Waals surface area contributed by atoms with Crippen LogP contribution in [0.25, 0.3) is 0 Å². The normalized spacial score (nSPS) is 20.7. The van der Waals surface area contributed by atoms with Crippen molar-refractivity contribution in [2.24, 2.45) is 5.92 Å². The van der Waals surface area contributed by atoms with Crippen molar-refractivity contribution in [1.82, 2.24) is 4.90 Å². The van der Waals surface area contributed by atoms with E-state index in [1.165, 1.54) is 0 Å². The van der Waals surface area contributed by atoms with Gasteiger partial charge in [0.05, 0.1) is 5.92 Å². The van der Waals surface area contributed by atoms with Crippen LogP contribution in [0.5, 0.6) is 0 Å². The lowest BCUT2D eigenvalue weighted by Crippen LogP contribution is -2.24. The van der Waals surface area contributed by atoms with Gasteiger partial charge in [0.15, 0.2) is 0 Å². The van der Waals surface area contributed by atoms with Crippen molar-refractivity contribution in [2.45, 2.75) is 13.0 Å². The highest BCUT2D eigenvalue weighted by Crippen LogP contribution is 2.18. The number of hydrogen-bond donors (Lipinski definition) is 0. The molecule has 0 aliphatic carbocycles. The average Bonchev–Trinajstić information content (AvgIpc) is 2.61. The average molecular weight is 202 g/mol. The van der Waals surface area contributed by atoms with Crippen LogP contribution in [0.4, 0.5) is 0 Å². The summed E-state index contributed by atoms with van der Waals surface area (Å²) in [6.07, 6.45) is 2.21. The zero-order valence-electron chi connectivity index (χ0n) is 8.35. The molecule has 1 heterocycles. The van der Waals surface area contributed by atoms with Crippen molar-refractivity contribution in [3.63, 3.8) is 0 Å². The Hall–Kier alpha value is -1.64. The summed E-state index contributed by atoms with van der Waals surface area (Å²) >= 11 is 0. The van der Waals surface area contributed by atoms with Crippen molar-refractivity contribution in [3.05, 3.63) is 35.9 Å². The van der Waals surface area contributed by atoms with Gasteiger partial charge in [-0.05, 0) is 5.56 Å². The van der Waals surface area contributed by atoms with Crippen LogP contribution in [0.15, 0.2) is 30.3 Å². The summed E-state index contributed by atoms with van der Waals surface area (Å²) in [6.45, 7) is 1.11. The second-order valence-corrected chi connectivity index (χ2v) is 3.78. The molecule has 1 fully saturated rings.